The van der Waals surface area contributed by atoms with Crippen molar-refractivity contribution in [3.05, 3.63) is 46.4 Å². The van der Waals surface area contributed by atoms with Gasteiger partial charge < -0.3 is 10.6 Å². The fourth-order valence-corrected chi connectivity index (χ4v) is 4.67. The number of carbonyl (C=O) groups excluding carboxylic acids is 3. The molecule has 4 amide bonds. The molecule has 0 bridgehead atoms. The quantitative estimate of drug-likeness (QED) is 0.730. The second-order valence-corrected chi connectivity index (χ2v) is 8.42. The third-order valence-corrected chi connectivity index (χ3v) is 6.62. The molecule has 1 aromatic heterocycles. The molecule has 2 aliphatic rings. The maximum Gasteiger partial charge on any atom is 0.325 e. The topological polar surface area (TPSA) is 105 Å². The van der Waals surface area contributed by atoms with Gasteiger partial charge >= 0.3 is 6.03 Å². The first kappa shape index (κ1) is 20.9. The van der Waals surface area contributed by atoms with E-state index in [4.69, 9.17) is 0 Å². The van der Waals surface area contributed by atoms with Crippen LogP contribution in [0.5, 0.6) is 0 Å². The van der Waals surface area contributed by atoms with Crippen LogP contribution < -0.4 is 16.2 Å². The van der Waals surface area contributed by atoms with Gasteiger partial charge in [0.2, 0.25) is 5.91 Å². The SMILES string of the molecule is Cc1c(NC(=O)CN2C(=O)NC3(CCCCC3C)C2=O)c(=O)n(-c2ccccc2)n1C. The van der Waals surface area contributed by atoms with Gasteiger partial charge in [-0.3, -0.25) is 24.0 Å². The molecule has 0 radical (unpaired) electrons. The van der Waals surface area contributed by atoms with Crippen LogP contribution in [0.25, 0.3) is 5.69 Å². The van der Waals surface area contributed by atoms with E-state index in [1.807, 2.05) is 25.1 Å². The number of hydrogen-bond donors (Lipinski definition) is 2. The number of benzene rings is 1. The number of hydrogen-bond acceptors (Lipinski definition) is 4. The molecule has 2 aromatic rings. The first-order valence-corrected chi connectivity index (χ1v) is 10.5. The van der Waals surface area contributed by atoms with Gasteiger partial charge in [-0.2, -0.15) is 0 Å². The average molecular weight is 425 g/mol. The summed E-state index contributed by atoms with van der Waals surface area (Å²) in [6.45, 7) is 3.25. The molecule has 4 rings (SSSR count). The lowest BCUT2D eigenvalue weighted by atomic mass is 9.73. The van der Waals surface area contributed by atoms with Gasteiger partial charge in [0.05, 0.1) is 11.4 Å². The van der Waals surface area contributed by atoms with Crippen molar-refractivity contribution in [3.8, 4) is 5.69 Å². The first-order chi connectivity index (χ1) is 14.8. The van der Waals surface area contributed by atoms with E-state index in [9.17, 15) is 19.2 Å². The summed E-state index contributed by atoms with van der Waals surface area (Å²) in [5, 5.41) is 5.45. The molecule has 1 spiro atoms. The molecule has 164 valence electrons. The second kappa shape index (κ2) is 7.72. The molecule has 9 nitrogen and oxygen atoms in total. The third-order valence-electron chi connectivity index (χ3n) is 6.62. The molecule has 2 fully saturated rings. The van der Waals surface area contributed by atoms with Crippen molar-refractivity contribution in [3.63, 3.8) is 0 Å². The summed E-state index contributed by atoms with van der Waals surface area (Å²) in [5.74, 6) is -0.929. The van der Waals surface area contributed by atoms with E-state index >= 15 is 0 Å². The minimum Gasteiger partial charge on any atom is -0.323 e. The summed E-state index contributed by atoms with van der Waals surface area (Å²) in [4.78, 5) is 52.2. The number of nitrogens with one attached hydrogen (secondary N) is 2. The van der Waals surface area contributed by atoms with Crippen molar-refractivity contribution < 1.29 is 14.4 Å². The molecule has 1 aromatic carbocycles. The standard InChI is InChI=1S/C22H27N5O4/c1-14-9-7-8-12-22(14)20(30)26(21(31)24-22)13-17(28)23-18-15(2)25(3)27(19(18)29)16-10-5-4-6-11-16/h4-6,10-11,14H,7-9,12-13H2,1-3H3,(H,23,28)(H,24,31). The van der Waals surface area contributed by atoms with Gasteiger partial charge in [0, 0.05) is 7.05 Å². The third kappa shape index (κ3) is 3.34. The summed E-state index contributed by atoms with van der Waals surface area (Å²) in [6.07, 6.45) is 3.32. The van der Waals surface area contributed by atoms with E-state index in [1.54, 1.807) is 30.8 Å². The average Bonchev–Trinajstić information content (AvgIpc) is 3.11. The number of anilines is 1. The van der Waals surface area contributed by atoms with Crippen LogP contribution in [-0.4, -0.2) is 44.2 Å². The zero-order valence-electron chi connectivity index (χ0n) is 18.0. The van der Waals surface area contributed by atoms with Crippen molar-refractivity contribution in [2.45, 2.75) is 45.1 Å². The number of urea groups is 1. The number of carbonyl (C=O) groups is 3. The minimum absolute atomic E-state index is 0.0141. The van der Waals surface area contributed by atoms with Crippen LogP contribution in [0.1, 0.15) is 38.3 Å². The van der Waals surface area contributed by atoms with Gasteiger partial charge in [0.1, 0.15) is 17.8 Å². The summed E-state index contributed by atoms with van der Waals surface area (Å²) in [7, 11) is 1.73. The number of para-hydroxylation sites is 1. The van der Waals surface area contributed by atoms with Crippen LogP contribution in [0.15, 0.2) is 35.1 Å². The highest BCUT2D eigenvalue weighted by atomic mass is 16.2. The highest BCUT2D eigenvalue weighted by Gasteiger charge is 2.55. The van der Waals surface area contributed by atoms with E-state index in [0.29, 0.717) is 17.8 Å². The maximum atomic E-state index is 13.1. The van der Waals surface area contributed by atoms with Crippen LogP contribution >= 0.6 is 0 Å². The summed E-state index contributed by atoms with van der Waals surface area (Å²) >= 11 is 0. The molecule has 2 atom stereocenters. The molecular weight excluding hydrogens is 398 g/mol. The van der Waals surface area contributed by atoms with Gasteiger partial charge in [-0.05, 0) is 37.8 Å². The van der Waals surface area contributed by atoms with Crippen molar-refractivity contribution in [1.82, 2.24) is 19.6 Å². The van der Waals surface area contributed by atoms with Gasteiger partial charge in [-0.1, -0.05) is 38.0 Å². The Morgan fingerprint density at radius 1 is 1.19 bits per heavy atom. The van der Waals surface area contributed by atoms with Crippen molar-refractivity contribution >= 4 is 23.5 Å². The Labute approximate surface area is 180 Å². The lowest BCUT2D eigenvalue weighted by molar-refractivity contribution is -0.136. The number of rotatable bonds is 4. The highest BCUT2D eigenvalue weighted by Crippen LogP contribution is 2.38. The predicted octanol–water partition coefficient (Wildman–Crippen LogP) is 1.92. The van der Waals surface area contributed by atoms with Gasteiger partial charge in [0.15, 0.2) is 0 Å². The molecule has 1 aliphatic heterocycles. The van der Waals surface area contributed by atoms with E-state index in [1.165, 1.54) is 4.68 Å². The molecule has 9 heteroatoms. The molecule has 2 heterocycles. The van der Waals surface area contributed by atoms with E-state index < -0.39 is 24.0 Å². The molecule has 2 unspecified atom stereocenters. The summed E-state index contributed by atoms with van der Waals surface area (Å²) in [5.41, 5.74) is 0.0640. The van der Waals surface area contributed by atoms with Crippen LogP contribution in [0.3, 0.4) is 0 Å². The zero-order chi connectivity index (χ0) is 22.3. The predicted molar refractivity (Wildman–Crippen MR) is 115 cm³/mol. The number of nitrogens with zero attached hydrogens (tertiary/aromatic N) is 3. The van der Waals surface area contributed by atoms with E-state index in [0.717, 1.165) is 24.2 Å². The Morgan fingerprint density at radius 3 is 2.58 bits per heavy atom. The van der Waals surface area contributed by atoms with Crippen molar-refractivity contribution in [2.24, 2.45) is 13.0 Å². The fraction of sp³-hybridized carbons (Fsp3) is 0.455. The molecule has 2 N–H and O–H groups in total. The Balaban J connectivity index is 1.54. The largest absolute Gasteiger partial charge is 0.325 e. The summed E-state index contributed by atoms with van der Waals surface area (Å²) < 4.78 is 3.11. The van der Waals surface area contributed by atoms with E-state index in [2.05, 4.69) is 10.6 Å². The Bertz CT molecular complexity index is 1100. The van der Waals surface area contributed by atoms with Crippen LogP contribution in [-0.2, 0) is 16.6 Å². The minimum atomic E-state index is -0.918. The van der Waals surface area contributed by atoms with Gasteiger partial charge in [-0.15, -0.1) is 0 Å². The van der Waals surface area contributed by atoms with E-state index in [-0.39, 0.29) is 23.1 Å². The fourth-order valence-electron chi connectivity index (χ4n) is 4.67. The molecule has 1 saturated carbocycles. The Morgan fingerprint density at radius 2 is 1.90 bits per heavy atom. The number of aromatic nitrogens is 2. The second-order valence-electron chi connectivity index (χ2n) is 8.42. The maximum absolute atomic E-state index is 13.1. The molecule has 31 heavy (non-hydrogen) atoms. The first-order valence-electron chi connectivity index (χ1n) is 10.5. The lowest BCUT2D eigenvalue weighted by Gasteiger charge is -2.36. The highest BCUT2D eigenvalue weighted by molar-refractivity contribution is 6.10. The Hall–Kier alpha value is -3.36. The normalized spacial score (nSPS) is 23.3. The van der Waals surface area contributed by atoms with Gasteiger partial charge in [-0.25, -0.2) is 9.48 Å². The van der Waals surface area contributed by atoms with Crippen LogP contribution in [0.4, 0.5) is 10.5 Å². The molecule has 1 aliphatic carbocycles. The number of amides is 4. The summed E-state index contributed by atoms with van der Waals surface area (Å²) in [6, 6.07) is 8.53. The van der Waals surface area contributed by atoms with Crippen molar-refractivity contribution in [1.29, 1.82) is 0 Å². The molecule has 1 saturated heterocycles. The zero-order valence-corrected chi connectivity index (χ0v) is 18.0. The van der Waals surface area contributed by atoms with Gasteiger partial charge in [0.25, 0.3) is 11.5 Å². The monoisotopic (exact) mass is 425 g/mol. The van der Waals surface area contributed by atoms with Crippen molar-refractivity contribution in [2.75, 3.05) is 11.9 Å². The van der Waals surface area contributed by atoms with Crippen LogP contribution in [0, 0.1) is 12.8 Å². The van der Waals surface area contributed by atoms with Crippen LogP contribution in [0.2, 0.25) is 0 Å². The smallest absolute Gasteiger partial charge is 0.323 e. The Kier molecular flexibility index (Phi) is 5.20. The number of imide groups is 1. The molecular formula is C22H27N5O4. The lowest BCUT2D eigenvalue weighted by Crippen LogP contribution is -2.54.